The van der Waals surface area contributed by atoms with E-state index in [4.69, 9.17) is 0 Å². The summed E-state index contributed by atoms with van der Waals surface area (Å²) in [4.78, 5) is -0.109. The Balaban J connectivity index is 1.92. The third-order valence-corrected chi connectivity index (χ3v) is 4.61. The van der Waals surface area contributed by atoms with E-state index in [2.05, 4.69) is 37.0 Å². The predicted molar refractivity (Wildman–Crippen MR) is 88.4 cm³/mol. The van der Waals surface area contributed by atoms with E-state index in [1.165, 1.54) is 12.1 Å². The van der Waals surface area contributed by atoms with E-state index < -0.39 is 0 Å². The summed E-state index contributed by atoms with van der Waals surface area (Å²) < 4.78 is 16.0. The summed E-state index contributed by atoms with van der Waals surface area (Å²) >= 11 is 6.92. The third-order valence-electron chi connectivity index (χ3n) is 3.09. The minimum atomic E-state index is -0.265. The van der Waals surface area contributed by atoms with Crippen molar-refractivity contribution < 1.29 is 4.39 Å². The van der Waals surface area contributed by atoms with Crippen LogP contribution in [0.5, 0.6) is 0 Å². The third kappa shape index (κ3) is 3.24. The maximum Gasteiger partial charge on any atom is 0.124 e. The molecule has 3 rings (SSSR count). The van der Waals surface area contributed by atoms with Crippen LogP contribution < -0.4 is 0 Å². The van der Waals surface area contributed by atoms with Gasteiger partial charge in [0.2, 0.25) is 0 Å². The first-order valence-electron chi connectivity index (χ1n) is 6.33. The number of rotatable bonds is 3. The molecule has 0 N–H and O–H groups in total. The molecule has 0 bridgehead atoms. The first-order valence-corrected chi connectivity index (χ1v) is 8.04. The first kappa shape index (κ1) is 14.5. The van der Waals surface area contributed by atoms with Crippen molar-refractivity contribution in [1.29, 1.82) is 0 Å². The Morgan fingerprint density at radius 3 is 2.52 bits per heavy atom. The number of para-hydroxylation sites is 1. The Morgan fingerprint density at radius 2 is 1.81 bits per heavy atom. The average Bonchev–Trinajstić information content (AvgIpc) is 2.96. The maximum absolute atomic E-state index is 13.5. The summed E-state index contributed by atoms with van der Waals surface area (Å²) in [6.45, 7) is 0. The van der Waals surface area contributed by atoms with E-state index in [9.17, 15) is 4.39 Å². The van der Waals surface area contributed by atoms with Gasteiger partial charge in [-0.15, -0.1) is 0 Å². The van der Waals surface area contributed by atoms with Gasteiger partial charge in [-0.1, -0.05) is 50.1 Å². The molecule has 0 amide bonds. The van der Waals surface area contributed by atoms with Gasteiger partial charge in [0, 0.05) is 16.2 Å². The van der Waals surface area contributed by atoms with E-state index >= 15 is 0 Å². The van der Waals surface area contributed by atoms with Crippen molar-refractivity contribution in [3.05, 3.63) is 82.3 Å². The summed E-state index contributed by atoms with van der Waals surface area (Å²) in [5.74, 6) is -0.265. The maximum atomic E-state index is 13.5. The molecule has 21 heavy (non-hydrogen) atoms. The lowest BCUT2D eigenvalue weighted by atomic mass is 10.1. The molecule has 5 heteroatoms. The van der Waals surface area contributed by atoms with Crippen molar-refractivity contribution in [1.82, 2.24) is 9.78 Å². The molecule has 0 saturated heterocycles. The quantitative estimate of drug-likeness (QED) is 0.539. The fourth-order valence-corrected chi connectivity index (χ4v) is 3.09. The first-order chi connectivity index (χ1) is 10.1. The van der Waals surface area contributed by atoms with E-state index in [0.717, 1.165) is 21.3 Å². The van der Waals surface area contributed by atoms with Crippen LogP contribution in [-0.4, -0.2) is 9.78 Å². The van der Waals surface area contributed by atoms with Gasteiger partial charge < -0.3 is 0 Å². The van der Waals surface area contributed by atoms with Crippen LogP contribution in [0.2, 0.25) is 0 Å². The molecule has 0 fully saturated rings. The molecule has 0 spiro atoms. The van der Waals surface area contributed by atoms with Gasteiger partial charge in [-0.05, 0) is 35.9 Å². The number of halogens is 3. The molecule has 3 aromatic rings. The second kappa shape index (κ2) is 6.12. The molecular weight excluding hydrogens is 399 g/mol. The largest absolute Gasteiger partial charge is 0.241 e. The number of benzene rings is 2. The van der Waals surface area contributed by atoms with Crippen LogP contribution in [-0.2, 0) is 0 Å². The molecule has 106 valence electrons. The van der Waals surface area contributed by atoms with Gasteiger partial charge in [0.05, 0.1) is 16.7 Å². The van der Waals surface area contributed by atoms with Gasteiger partial charge in [0.1, 0.15) is 5.82 Å². The Kier molecular flexibility index (Phi) is 4.22. The number of alkyl halides is 1. The zero-order valence-corrected chi connectivity index (χ0v) is 14.1. The number of aromatic nitrogens is 2. The lowest BCUT2D eigenvalue weighted by Crippen LogP contribution is -1.94. The smallest absolute Gasteiger partial charge is 0.124 e. The lowest BCUT2D eigenvalue weighted by Gasteiger charge is -2.08. The molecule has 0 radical (unpaired) electrons. The van der Waals surface area contributed by atoms with Crippen molar-refractivity contribution in [2.75, 3.05) is 0 Å². The second-order valence-corrected chi connectivity index (χ2v) is 6.45. The lowest BCUT2D eigenvalue weighted by molar-refractivity contribution is 0.625. The van der Waals surface area contributed by atoms with Gasteiger partial charge in [0.25, 0.3) is 0 Å². The zero-order chi connectivity index (χ0) is 14.8. The topological polar surface area (TPSA) is 17.8 Å². The molecule has 2 aromatic carbocycles. The fraction of sp³-hybridized carbons (Fsp3) is 0.0625. The summed E-state index contributed by atoms with van der Waals surface area (Å²) in [6.07, 6.45) is 3.72. The van der Waals surface area contributed by atoms with E-state index in [1.54, 1.807) is 10.9 Å². The average molecular weight is 410 g/mol. The summed E-state index contributed by atoms with van der Waals surface area (Å²) in [7, 11) is 0. The predicted octanol–water partition coefficient (Wildman–Crippen LogP) is 5.26. The minimum Gasteiger partial charge on any atom is -0.241 e. The molecule has 0 aliphatic heterocycles. The monoisotopic (exact) mass is 408 g/mol. The molecule has 1 aromatic heterocycles. The number of hydrogen-bond acceptors (Lipinski definition) is 1. The number of nitrogens with zero attached hydrogens (tertiary/aromatic N) is 2. The minimum absolute atomic E-state index is 0.109. The standard InChI is InChI=1S/C16H11Br2FN2/c17-13-6-11(7-14(19)8-13)16(18)12-9-20-21(10-12)15-4-2-1-3-5-15/h1-10,16H. The van der Waals surface area contributed by atoms with Crippen LogP contribution in [0.3, 0.4) is 0 Å². The Bertz CT molecular complexity index is 736. The summed E-state index contributed by atoms with van der Waals surface area (Å²) in [5.41, 5.74) is 2.80. The molecule has 0 aliphatic carbocycles. The van der Waals surface area contributed by atoms with Gasteiger partial charge in [-0.25, -0.2) is 9.07 Å². The highest BCUT2D eigenvalue weighted by Gasteiger charge is 2.14. The van der Waals surface area contributed by atoms with Gasteiger partial charge in [-0.2, -0.15) is 5.10 Å². The highest BCUT2D eigenvalue weighted by Crippen LogP contribution is 2.32. The Hall–Kier alpha value is -1.46. The van der Waals surface area contributed by atoms with Gasteiger partial charge in [-0.3, -0.25) is 0 Å². The Labute approximate surface area is 138 Å². The fourth-order valence-electron chi connectivity index (χ4n) is 2.10. The van der Waals surface area contributed by atoms with Crippen LogP contribution in [0.1, 0.15) is 16.0 Å². The van der Waals surface area contributed by atoms with E-state index in [-0.39, 0.29) is 10.6 Å². The van der Waals surface area contributed by atoms with Crippen LogP contribution >= 0.6 is 31.9 Å². The summed E-state index contributed by atoms with van der Waals surface area (Å²) in [5, 5.41) is 4.36. The van der Waals surface area contributed by atoms with Gasteiger partial charge >= 0.3 is 0 Å². The van der Waals surface area contributed by atoms with Crippen LogP contribution in [0.25, 0.3) is 5.69 Å². The molecule has 1 atom stereocenters. The Morgan fingerprint density at radius 1 is 1.05 bits per heavy atom. The molecule has 2 nitrogen and oxygen atoms in total. The molecule has 1 heterocycles. The second-order valence-electron chi connectivity index (χ2n) is 4.62. The van der Waals surface area contributed by atoms with Crippen LogP contribution in [0, 0.1) is 5.82 Å². The zero-order valence-electron chi connectivity index (χ0n) is 10.9. The van der Waals surface area contributed by atoms with Crippen molar-refractivity contribution in [2.24, 2.45) is 0 Å². The highest BCUT2D eigenvalue weighted by molar-refractivity contribution is 9.10. The van der Waals surface area contributed by atoms with E-state index in [0.29, 0.717) is 0 Å². The highest BCUT2D eigenvalue weighted by atomic mass is 79.9. The van der Waals surface area contributed by atoms with Crippen molar-refractivity contribution in [3.8, 4) is 5.69 Å². The van der Waals surface area contributed by atoms with E-state index in [1.807, 2.05) is 42.6 Å². The van der Waals surface area contributed by atoms with Crippen molar-refractivity contribution in [3.63, 3.8) is 0 Å². The SMILES string of the molecule is Fc1cc(Br)cc(C(Br)c2cnn(-c3ccccc3)c2)c1. The van der Waals surface area contributed by atoms with Crippen LogP contribution in [0.4, 0.5) is 4.39 Å². The molecular formula is C16H11Br2FN2. The van der Waals surface area contributed by atoms with Crippen LogP contribution in [0.15, 0.2) is 65.4 Å². The number of hydrogen-bond donors (Lipinski definition) is 0. The van der Waals surface area contributed by atoms with Crippen molar-refractivity contribution >= 4 is 31.9 Å². The molecule has 1 unspecified atom stereocenters. The normalized spacial score (nSPS) is 12.3. The molecule has 0 aliphatic rings. The van der Waals surface area contributed by atoms with Crippen molar-refractivity contribution in [2.45, 2.75) is 4.83 Å². The summed E-state index contributed by atoms with van der Waals surface area (Å²) in [6, 6.07) is 14.7. The van der Waals surface area contributed by atoms with Gasteiger partial charge in [0.15, 0.2) is 0 Å². The molecule has 0 saturated carbocycles.